The number of nitrogens with zero attached hydrogens (tertiary/aromatic N) is 3. The molecule has 4 heteroatoms. The molecule has 244 valence electrons. The molecule has 0 aliphatic rings. The predicted molar refractivity (Wildman–Crippen MR) is 224 cm³/mol. The molecule has 0 fully saturated rings. The molecule has 0 N–H and O–H groups in total. The Balaban J connectivity index is 1.44. The minimum absolute atomic E-state index is 0.681. The van der Waals surface area contributed by atoms with Crippen LogP contribution in [0.2, 0.25) is 0 Å². The van der Waals surface area contributed by atoms with E-state index in [9.17, 15) is 0 Å². The molecule has 0 atom stereocenters. The number of allylic oxidation sites excluding steroid dienone is 1. The van der Waals surface area contributed by atoms with Crippen molar-refractivity contribution >= 4 is 103 Å². The fourth-order valence-electron chi connectivity index (χ4n) is 8.68. The van der Waals surface area contributed by atoms with Gasteiger partial charge < -0.3 is 0 Å². The fraction of sp³-hybridized carbons (Fsp3) is 0.0417. The van der Waals surface area contributed by atoms with Crippen LogP contribution in [0.3, 0.4) is 0 Å². The third-order valence-corrected chi connectivity index (χ3v) is 12.0. The summed E-state index contributed by atoms with van der Waals surface area (Å²) >= 11 is 1.87. The monoisotopic (exact) mass is 681 g/mol. The van der Waals surface area contributed by atoms with Gasteiger partial charge in [-0.3, -0.25) is 4.57 Å². The van der Waals surface area contributed by atoms with E-state index in [2.05, 4.69) is 170 Å². The first-order chi connectivity index (χ1) is 25.7. The second-order valence-corrected chi connectivity index (χ2v) is 14.7. The van der Waals surface area contributed by atoms with Crippen LogP contribution in [0.15, 0.2) is 146 Å². The molecule has 11 rings (SSSR count). The summed E-state index contributed by atoms with van der Waals surface area (Å²) < 4.78 is 4.93. The van der Waals surface area contributed by atoms with E-state index < -0.39 is 0 Å². The highest BCUT2D eigenvalue weighted by Crippen LogP contribution is 2.49. The molecule has 0 radical (unpaired) electrons. The molecule has 11 aromatic rings. The van der Waals surface area contributed by atoms with Gasteiger partial charge in [-0.2, -0.15) is 0 Å². The van der Waals surface area contributed by atoms with Crippen molar-refractivity contribution in [1.82, 2.24) is 14.5 Å². The zero-order valence-electron chi connectivity index (χ0n) is 28.7. The molecule has 3 aromatic heterocycles. The quantitative estimate of drug-likeness (QED) is 0.174. The van der Waals surface area contributed by atoms with Gasteiger partial charge in [-0.25, -0.2) is 9.97 Å². The second kappa shape index (κ2) is 11.1. The lowest BCUT2D eigenvalue weighted by Crippen LogP contribution is -2.05. The lowest BCUT2D eigenvalue weighted by atomic mass is 9.92. The Hall–Kier alpha value is -6.36. The average Bonchev–Trinajstić information content (AvgIpc) is 3.77. The summed E-state index contributed by atoms with van der Waals surface area (Å²) in [6.45, 7) is 4.31. The lowest BCUT2D eigenvalue weighted by Gasteiger charge is -2.18. The van der Waals surface area contributed by atoms with E-state index in [0.29, 0.717) is 5.95 Å². The molecule has 0 aliphatic carbocycles. The third-order valence-electron chi connectivity index (χ3n) is 10.9. The summed E-state index contributed by atoms with van der Waals surface area (Å²) in [5.41, 5.74) is 7.67. The van der Waals surface area contributed by atoms with Crippen molar-refractivity contribution in [3.63, 3.8) is 0 Å². The Morgan fingerprint density at radius 2 is 1.19 bits per heavy atom. The summed E-state index contributed by atoms with van der Waals surface area (Å²) in [4.78, 5) is 11.3. The van der Waals surface area contributed by atoms with Crippen LogP contribution in [0.1, 0.15) is 18.1 Å². The maximum atomic E-state index is 5.67. The van der Waals surface area contributed by atoms with Crippen molar-refractivity contribution in [2.24, 2.45) is 0 Å². The minimum atomic E-state index is 0.681. The summed E-state index contributed by atoms with van der Waals surface area (Å²) in [6.07, 6.45) is 4.35. The standard InChI is InChI=1S/C48H31N3S/c1-3-15-31-28(2)40-43(30-17-5-4-6-18-30)49-48(50-44(40)36-23-12-9-20-33(31)36)51-45-32-19-8-7-16-29(32)26-27-38(45)41-34-21-10-11-22-35(34)42-37-24-13-14-25-39(37)52-47(42)46(41)51/h3-27H,1-2H3/b15-3-. The van der Waals surface area contributed by atoms with Crippen LogP contribution in [-0.2, 0) is 0 Å². The number of fused-ring (bicyclic) bond motifs is 15. The SMILES string of the molecule is C/C=C\c1c(C)c2c(-c3ccccc3)nc(-n3c4c5ccccc5ccc4c4c5ccccc5c5c6ccccc6sc5c43)nc2c2ccccc12. The highest BCUT2D eigenvalue weighted by Gasteiger charge is 2.26. The van der Waals surface area contributed by atoms with Crippen molar-refractivity contribution in [3.05, 3.63) is 157 Å². The van der Waals surface area contributed by atoms with E-state index in [4.69, 9.17) is 9.97 Å². The van der Waals surface area contributed by atoms with E-state index >= 15 is 0 Å². The molecule has 0 unspecified atom stereocenters. The van der Waals surface area contributed by atoms with E-state index in [-0.39, 0.29) is 0 Å². The molecule has 0 saturated heterocycles. The maximum Gasteiger partial charge on any atom is 0.235 e. The van der Waals surface area contributed by atoms with Crippen LogP contribution >= 0.6 is 11.3 Å². The second-order valence-electron chi connectivity index (χ2n) is 13.6. The van der Waals surface area contributed by atoms with E-state index in [1.165, 1.54) is 69.0 Å². The molecule has 0 amide bonds. The molecule has 8 aromatic carbocycles. The Morgan fingerprint density at radius 3 is 1.98 bits per heavy atom. The zero-order valence-corrected chi connectivity index (χ0v) is 29.5. The number of benzene rings is 8. The summed E-state index contributed by atoms with van der Waals surface area (Å²) in [5.74, 6) is 0.681. The smallest absolute Gasteiger partial charge is 0.235 e. The van der Waals surface area contributed by atoms with Crippen molar-refractivity contribution in [1.29, 1.82) is 0 Å². The highest BCUT2D eigenvalue weighted by atomic mass is 32.1. The first-order valence-electron chi connectivity index (χ1n) is 17.8. The molecule has 0 saturated carbocycles. The van der Waals surface area contributed by atoms with Crippen molar-refractivity contribution in [3.8, 4) is 17.2 Å². The molecule has 52 heavy (non-hydrogen) atoms. The number of rotatable bonds is 3. The van der Waals surface area contributed by atoms with Crippen LogP contribution < -0.4 is 0 Å². The van der Waals surface area contributed by atoms with Crippen LogP contribution in [0.4, 0.5) is 0 Å². The molecule has 0 bridgehead atoms. The number of aryl methyl sites for hydroxylation is 1. The molecule has 0 aliphatic heterocycles. The summed E-state index contributed by atoms with van der Waals surface area (Å²) in [7, 11) is 0. The summed E-state index contributed by atoms with van der Waals surface area (Å²) in [6, 6.07) is 50.4. The topological polar surface area (TPSA) is 30.7 Å². The van der Waals surface area contributed by atoms with Gasteiger partial charge in [0.05, 0.1) is 26.9 Å². The van der Waals surface area contributed by atoms with Gasteiger partial charge >= 0.3 is 0 Å². The Bertz CT molecular complexity index is 3310. The van der Waals surface area contributed by atoms with Crippen LogP contribution in [0.5, 0.6) is 0 Å². The van der Waals surface area contributed by atoms with Crippen LogP contribution in [0, 0.1) is 6.92 Å². The first kappa shape index (κ1) is 29.4. The van der Waals surface area contributed by atoms with E-state index in [0.717, 1.165) is 38.6 Å². The van der Waals surface area contributed by atoms with Gasteiger partial charge in [0.15, 0.2) is 0 Å². The molecule has 3 heterocycles. The van der Waals surface area contributed by atoms with E-state index in [1.54, 1.807) is 0 Å². The van der Waals surface area contributed by atoms with Gasteiger partial charge in [-0.1, -0.05) is 146 Å². The number of hydrogen-bond acceptors (Lipinski definition) is 3. The van der Waals surface area contributed by atoms with Crippen molar-refractivity contribution < 1.29 is 0 Å². The minimum Gasteiger partial charge on any atom is -0.276 e. The molecular weight excluding hydrogens is 651 g/mol. The van der Waals surface area contributed by atoms with Gasteiger partial charge in [0.2, 0.25) is 5.95 Å². The van der Waals surface area contributed by atoms with Gasteiger partial charge in [0, 0.05) is 48.0 Å². The molecular formula is C48H31N3S. The average molecular weight is 682 g/mol. The predicted octanol–water partition coefficient (Wildman–Crippen LogP) is 13.6. The van der Waals surface area contributed by atoms with Gasteiger partial charge in [0.25, 0.3) is 0 Å². The largest absolute Gasteiger partial charge is 0.276 e. The van der Waals surface area contributed by atoms with Crippen molar-refractivity contribution in [2.45, 2.75) is 13.8 Å². The van der Waals surface area contributed by atoms with Crippen LogP contribution in [-0.4, -0.2) is 14.5 Å². The normalized spacial score (nSPS) is 12.3. The molecule has 0 spiro atoms. The van der Waals surface area contributed by atoms with Gasteiger partial charge in [-0.15, -0.1) is 11.3 Å². The number of thiophene rings is 1. The van der Waals surface area contributed by atoms with Gasteiger partial charge in [0.1, 0.15) is 0 Å². The number of aromatic nitrogens is 3. The molecule has 3 nitrogen and oxygen atoms in total. The Morgan fingerprint density at radius 1 is 0.538 bits per heavy atom. The lowest BCUT2D eigenvalue weighted by molar-refractivity contribution is 1.02. The fourth-order valence-corrected chi connectivity index (χ4v) is 9.94. The van der Waals surface area contributed by atoms with Gasteiger partial charge in [-0.05, 0) is 52.6 Å². The van der Waals surface area contributed by atoms with Crippen LogP contribution in [0.25, 0.3) is 108 Å². The maximum absolute atomic E-state index is 5.67. The Labute approximate surface area is 303 Å². The zero-order chi connectivity index (χ0) is 34.5. The first-order valence-corrected chi connectivity index (χ1v) is 18.6. The highest BCUT2D eigenvalue weighted by molar-refractivity contribution is 7.27. The Kier molecular flexibility index (Phi) is 6.25. The van der Waals surface area contributed by atoms with E-state index in [1.807, 2.05) is 11.3 Å². The summed E-state index contributed by atoms with van der Waals surface area (Å²) in [5, 5.41) is 13.3. The van der Waals surface area contributed by atoms with Crippen molar-refractivity contribution in [2.75, 3.05) is 0 Å². The number of hydrogen-bond donors (Lipinski definition) is 0. The third kappa shape index (κ3) is 3.96.